The van der Waals surface area contributed by atoms with E-state index in [1.165, 1.54) is 12.1 Å². The minimum absolute atomic E-state index is 0.000278. The van der Waals surface area contributed by atoms with Crippen molar-refractivity contribution < 1.29 is 53.5 Å². The van der Waals surface area contributed by atoms with E-state index in [0.717, 1.165) is 12.0 Å². The smallest absolute Gasteiger partial charge is 0.431 e. The number of ketones is 1. The zero-order chi connectivity index (χ0) is 35.9. The van der Waals surface area contributed by atoms with Gasteiger partial charge in [0.25, 0.3) is 0 Å². The second-order valence-electron chi connectivity index (χ2n) is 12.3. The van der Waals surface area contributed by atoms with Crippen LogP contribution in [0.5, 0.6) is 11.5 Å². The number of unbranched alkanes of at least 4 members (excludes halogenated alkanes) is 1. The number of carbonyl (C=O) groups is 4. The Labute approximate surface area is 277 Å². The monoisotopic (exact) mass is 664 g/mol. The summed E-state index contributed by atoms with van der Waals surface area (Å²) in [6.07, 6.45) is 2.31. The fraction of sp³-hybridized carbons (Fsp3) is 0.529. The molecular weight excluding hydrogens is 612 g/mol. The molecule has 13 nitrogen and oxygen atoms in total. The van der Waals surface area contributed by atoms with E-state index >= 15 is 0 Å². The van der Waals surface area contributed by atoms with E-state index in [-0.39, 0.29) is 36.3 Å². The molecule has 2 rings (SSSR count). The maximum absolute atomic E-state index is 11.8. The summed E-state index contributed by atoms with van der Waals surface area (Å²) >= 11 is 0. The number of amides is 1. The van der Waals surface area contributed by atoms with E-state index in [9.17, 15) is 24.3 Å². The van der Waals surface area contributed by atoms with Crippen LogP contribution in [0.15, 0.2) is 48.5 Å². The van der Waals surface area contributed by atoms with E-state index in [2.05, 4.69) is 5.48 Å². The molecule has 264 valence electrons. The van der Waals surface area contributed by atoms with Crippen molar-refractivity contribution in [2.45, 2.75) is 91.3 Å². The Kier molecular flexibility index (Phi) is 21.1. The van der Waals surface area contributed by atoms with Gasteiger partial charge in [-0.05, 0) is 103 Å². The van der Waals surface area contributed by atoms with E-state index in [1.54, 1.807) is 57.2 Å². The van der Waals surface area contributed by atoms with Crippen LogP contribution in [0.25, 0.3) is 0 Å². The number of nitrogens with two attached hydrogens (primary N) is 1. The summed E-state index contributed by atoms with van der Waals surface area (Å²) in [6.45, 7) is 12.2. The molecule has 0 unspecified atom stereocenters. The van der Waals surface area contributed by atoms with Crippen molar-refractivity contribution in [3.05, 3.63) is 59.7 Å². The van der Waals surface area contributed by atoms with Gasteiger partial charge in [0.2, 0.25) is 0 Å². The number of carboxylic acids is 1. The molecule has 6 N–H and O–H groups in total. The van der Waals surface area contributed by atoms with Crippen molar-refractivity contribution in [2.75, 3.05) is 26.4 Å². The molecule has 0 radical (unpaired) electrons. The third-order valence-electron chi connectivity index (χ3n) is 5.27. The zero-order valence-corrected chi connectivity index (χ0v) is 28.4. The van der Waals surface area contributed by atoms with Gasteiger partial charge >= 0.3 is 18.0 Å². The number of benzene rings is 2. The Hall–Kier alpha value is -4.20. The van der Waals surface area contributed by atoms with Crippen molar-refractivity contribution in [1.82, 2.24) is 5.48 Å². The number of carboxylic acid groups (broad SMARTS) is 1. The first-order valence-electron chi connectivity index (χ1n) is 15.3. The highest BCUT2D eigenvalue weighted by Crippen LogP contribution is 2.12. The topological polar surface area (TPSA) is 204 Å². The van der Waals surface area contributed by atoms with Gasteiger partial charge in [-0.2, -0.15) is 5.48 Å². The quantitative estimate of drug-likeness (QED) is 0.0986. The van der Waals surface area contributed by atoms with Crippen molar-refractivity contribution in [3.8, 4) is 11.5 Å². The van der Waals surface area contributed by atoms with Gasteiger partial charge in [0.05, 0.1) is 13.0 Å². The summed E-state index contributed by atoms with van der Waals surface area (Å²) in [5.41, 5.74) is 8.03. The zero-order valence-electron chi connectivity index (χ0n) is 28.4. The summed E-state index contributed by atoms with van der Waals surface area (Å²) in [6, 6.07) is 12.7. The van der Waals surface area contributed by atoms with Crippen LogP contribution in [0.3, 0.4) is 0 Å². The molecule has 0 aromatic heterocycles. The van der Waals surface area contributed by atoms with Gasteiger partial charge in [-0.15, -0.1) is 0 Å². The molecule has 0 bridgehead atoms. The van der Waals surface area contributed by atoms with E-state index < -0.39 is 23.3 Å². The number of aromatic hydroxyl groups is 2. The molecule has 0 spiro atoms. The number of aliphatic carboxylic acids is 1. The van der Waals surface area contributed by atoms with Crippen LogP contribution in [0, 0.1) is 0 Å². The fourth-order valence-electron chi connectivity index (χ4n) is 3.34. The first kappa shape index (κ1) is 42.8. The number of hydrogen-bond acceptors (Lipinski definition) is 11. The minimum Gasteiger partial charge on any atom is -0.508 e. The largest absolute Gasteiger partial charge is 0.508 e. The minimum atomic E-state index is -0.865. The Bertz CT molecular complexity index is 1190. The highest BCUT2D eigenvalue weighted by atomic mass is 16.7. The normalized spacial score (nSPS) is 10.8. The summed E-state index contributed by atoms with van der Waals surface area (Å²) in [5, 5.41) is 26.4. The molecule has 2 aromatic carbocycles. The molecule has 0 aliphatic heterocycles. The standard InChI is InChI=1S/C17H25NO5.C9H19NO3.C8H8O3/c1-17(2,3)23-16(21)18-22-11-5-4-6-15(20)12-13-7-9-14(19)10-8-13;1-9(2,3)13-8(11)7-12-6-4-5-10;9-7-3-1-6(2-4-7)5-8(10)11/h7-10,19H,4-6,11-12H2,1-3H3,(H,18,21);4-7,10H2,1-3H3;1-4,9H,5H2,(H,10,11). The number of phenolic OH excluding ortho intramolecular Hbond substituents is 2. The summed E-state index contributed by atoms with van der Waals surface area (Å²) in [5.74, 6) is -0.717. The number of ether oxygens (including phenoxy) is 3. The van der Waals surface area contributed by atoms with Crippen LogP contribution < -0.4 is 11.2 Å². The lowest BCUT2D eigenvalue weighted by Gasteiger charge is -2.19. The Balaban J connectivity index is 0.000000744. The lowest BCUT2D eigenvalue weighted by molar-refractivity contribution is -0.160. The van der Waals surface area contributed by atoms with Gasteiger partial charge in [0, 0.05) is 19.4 Å². The summed E-state index contributed by atoms with van der Waals surface area (Å²) in [7, 11) is 0. The van der Waals surface area contributed by atoms with Gasteiger partial charge < -0.3 is 35.3 Å². The van der Waals surface area contributed by atoms with E-state index in [1.807, 2.05) is 20.8 Å². The van der Waals surface area contributed by atoms with Gasteiger partial charge in [-0.1, -0.05) is 24.3 Å². The van der Waals surface area contributed by atoms with Crippen molar-refractivity contribution in [3.63, 3.8) is 0 Å². The predicted molar refractivity (Wildman–Crippen MR) is 176 cm³/mol. The van der Waals surface area contributed by atoms with Crippen molar-refractivity contribution in [1.29, 1.82) is 0 Å². The van der Waals surface area contributed by atoms with Crippen LogP contribution in [0.4, 0.5) is 4.79 Å². The first-order chi connectivity index (χ1) is 21.9. The van der Waals surface area contributed by atoms with Gasteiger partial charge in [-0.25, -0.2) is 9.59 Å². The molecule has 1 amide bonds. The molecule has 0 saturated heterocycles. The molecule has 13 heteroatoms. The number of hydroxylamine groups is 1. The molecule has 0 atom stereocenters. The second kappa shape index (κ2) is 23.2. The molecular formula is C34H52N2O11. The maximum Gasteiger partial charge on any atom is 0.431 e. The Morgan fingerprint density at radius 2 is 1.23 bits per heavy atom. The van der Waals surface area contributed by atoms with E-state index in [4.69, 9.17) is 35.0 Å². The number of Topliss-reactive ketones (excluding diaryl/α,β-unsaturated/α-hetero) is 1. The van der Waals surface area contributed by atoms with Crippen LogP contribution in [-0.4, -0.2) is 76.7 Å². The van der Waals surface area contributed by atoms with Gasteiger partial charge in [0.1, 0.15) is 35.1 Å². The SMILES string of the molecule is CC(C)(C)OC(=O)COCCCN.CC(C)(C)OC(=O)NOCCCCC(=O)Cc1ccc(O)cc1.O=C(O)Cc1ccc(O)cc1. The lowest BCUT2D eigenvalue weighted by atomic mass is 10.0. The first-order valence-corrected chi connectivity index (χ1v) is 15.3. The summed E-state index contributed by atoms with van der Waals surface area (Å²) < 4.78 is 15.1. The Morgan fingerprint density at radius 1 is 0.723 bits per heavy atom. The summed E-state index contributed by atoms with van der Waals surface area (Å²) in [4.78, 5) is 49.3. The molecule has 2 aromatic rings. The molecule has 0 heterocycles. The fourth-order valence-corrected chi connectivity index (χ4v) is 3.34. The van der Waals surface area contributed by atoms with Gasteiger partial charge in [0.15, 0.2) is 0 Å². The number of rotatable bonds is 15. The molecule has 0 fully saturated rings. The molecule has 0 saturated carbocycles. The molecule has 0 aliphatic rings. The number of phenols is 2. The van der Waals surface area contributed by atoms with Crippen molar-refractivity contribution >= 4 is 23.8 Å². The van der Waals surface area contributed by atoms with Crippen LogP contribution >= 0.6 is 0 Å². The number of esters is 1. The third-order valence-corrected chi connectivity index (χ3v) is 5.27. The number of carbonyl (C=O) groups excluding carboxylic acids is 3. The average molecular weight is 665 g/mol. The van der Waals surface area contributed by atoms with Crippen LogP contribution in [0.2, 0.25) is 0 Å². The molecule has 47 heavy (non-hydrogen) atoms. The van der Waals surface area contributed by atoms with Crippen molar-refractivity contribution in [2.24, 2.45) is 5.73 Å². The van der Waals surface area contributed by atoms with E-state index in [0.29, 0.717) is 51.0 Å². The maximum atomic E-state index is 11.8. The average Bonchev–Trinajstić information content (AvgIpc) is 2.94. The highest BCUT2D eigenvalue weighted by Gasteiger charge is 2.16. The third kappa shape index (κ3) is 27.8. The van der Waals surface area contributed by atoms with Crippen LogP contribution in [0.1, 0.15) is 78.4 Å². The second-order valence-corrected chi connectivity index (χ2v) is 12.3. The lowest BCUT2D eigenvalue weighted by Crippen LogP contribution is -2.32. The van der Waals surface area contributed by atoms with Gasteiger partial charge in [-0.3, -0.25) is 14.4 Å². The Morgan fingerprint density at radius 3 is 1.70 bits per heavy atom. The highest BCUT2D eigenvalue weighted by molar-refractivity contribution is 5.80. The number of nitrogens with one attached hydrogen (secondary N) is 1. The van der Waals surface area contributed by atoms with Crippen LogP contribution in [-0.2, 0) is 46.3 Å². The predicted octanol–water partition coefficient (Wildman–Crippen LogP) is 4.84. The molecule has 0 aliphatic carbocycles. The number of hydrogen-bond donors (Lipinski definition) is 5.